The van der Waals surface area contributed by atoms with Crippen molar-refractivity contribution in [2.24, 2.45) is 5.92 Å². The van der Waals surface area contributed by atoms with Crippen LogP contribution in [0.3, 0.4) is 0 Å². The summed E-state index contributed by atoms with van der Waals surface area (Å²) in [5, 5.41) is -0.0971. The fourth-order valence-corrected chi connectivity index (χ4v) is 7.06. The van der Waals surface area contributed by atoms with E-state index in [1.807, 2.05) is 6.07 Å². The Labute approximate surface area is 214 Å². The predicted octanol–water partition coefficient (Wildman–Crippen LogP) is 3.18. The molecule has 2 amide bonds. The zero-order chi connectivity index (χ0) is 25.4. The number of hydrogen-bond donors (Lipinski definition) is 1. The van der Waals surface area contributed by atoms with E-state index in [9.17, 15) is 19.2 Å². The number of amides is 2. The standard InChI is InChI=1S/C25H22N2O7S2/c1-3-33-17(28)12-34-15-10-9-13(11-16(15)32-2)18-19-21(35-22-20(18)36-25(31)26-22)24(30)27(23(19)29)14-7-5-4-6-8-14/h4-11,18-19,21H,3,12H2,1-2H3,(H,26,31). The summed E-state index contributed by atoms with van der Waals surface area (Å²) in [6.45, 7) is 1.67. The number of ether oxygens (including phenoxy) is 3. The number of carbonyl (C=O) groups excluding carboxylic acids is 3. The first-order chi connectivity index (χ1) is 17.4. The molecule has 2 aliphatic rings. The molecule has 36 heavy (non-hydrogen) atoms. The first kappa shape index (κ1) is 24.1. The lowest BCUT2D eigenvalue weighted by molar-refractivity contribution is -0.145. The molecule has 3 heterocycles. The molecule has 0 aliphatic carbocycles. The van der Waals surface area contributed by atoms with Crippen LogP contribution in [0.2, 0.25) is 0 Å². The zero-order valence-electron chi connectivity index (χ0n) is 19.4. The molecule has 0 saturated carbocycles. The Kier molecular flexibility index (Phi) is 6.59. The Morgan fingerprint density at radius 2 is 1.83 bits per heavy atom. The molecular weight excluding hydrogens is 504 g/mol. The van der Waals surface area contributed by atoms with Gasteiger partial charge in [0.1, 0.15) is 5.25 Å². The summed E-state index contributed by atoms with van der Waals surface area (Å²) in [4.78, 5) is 55.6. The quantitative estimate of drug-likeness (QED) is 0.369. The van der Waals surface area contributed by atoms with Crippen LogP contribution in [-0.2, 0) is 19.1 Å². The number of thiazole rings is 1. The molecule has 5 rings (SSSR count). The number of para-hydroxylation sites is 1. The average Bonchev–Trinajstić information content (AvgIpc) is 3.37. The van der Waals surface area contributed by atoms with Crippen molar-refractivity contribution < 1.29 is 28.6 Å². The van der Waals surface area contributed by atoms with Gasteiger partial charge >= 0.3 is 10.8 Å². The van der Waals surface area contributed by atoms with Gasteiger partial charge in [0.05, 0.1) is 30.3 Å². The normalized spacial score (nSPS) is 20.6. The highest BCUT2D eigenvalue weighted by molar-refractivity contribution is 8.00. The lowest BCUT2D eigenvalue weighted by Crippen LogP contribution is -2.32. The molecular formula is C25H22N2O7S2. The number of rotatable bonds is 7. The molecule has 1 N–H and O–H groups in total. The fourth-order valence-electron chi connectivity index (χ4n) is 4.54. The number of carbonyl (C=O) groups is 3. The molecule has 0 radical (unpaired) electrons. The minimum Gasteiger partial charge on any atom is -0.493 e. The van der Waals surface area contributed by atoms with Crippen LogP contribution in [0.4, 0.5) is 5.69 Å². The monoisotopic (exact) mass is 526 g/mol. The molecule has 0 bridgehead atoms. The lowest BCUT2D eigenvalue weighted by Gasteiger charge is -2.30. The van der Waals surface area contributed by atoms with E-state index in [0.717, 1.165) is 11.3 Å². The highest BCUT2D eigenvalue weighted by Gasteiger charge is 2.56. The van der Waals surface area contributed by atoms with E-state index < -0.39 is 23.1 Å². The van der Waals surface area contributed by atoms with E-state index in [4.69, 9.17) is 14.2 Å². The third-order valence-corrected chi connectivity index (χ3v) is 8.44. The van der Waals surface area contributed by atoms with Crippen molar-refractivity contribution in [3.8, 4) is 11.5 Å². The number of thioether (sulfide) groups is 1. The van der Waals surface area contributed by atoms with Gasteiger partial charge in [-0.3, -0.25) is 14.4 Å². The summed E-state index contributed by atoms with van der Waals surface area (Å²) >= 11 is 2.25. The summed E-state index contributed by atoms with van der Waals surface area (Å²) in [6, 6.07) is 13.9. The van der Waals surface area contributed by atoms with Crippen LogP contribution >= 0.6 is 23.1 Å². The average molecular weight is 527 g/mol. The summed E-state index contributed by atoms with van der Waals surface area (Å²) in [5.41, 5.74) is 1.21. The number of fused-ring (bicyclic) bond motifs is 2. The molecule has 3 aromatic rings. The van der Waals surface area contributed by atoms with Crippen LogP contribution in [0.15, 0.2) is 58.4 Å². The van der Waals surface area contributed by atoms with E-state index in [2.05, 4.69) is 4.98 Å². The molecule has 3 unspecified atom stereocenters. The van der Waals surface area contributed by atoms with Crippen molar-refractivity contribution >= 4 is 46.6 Å². The molecule has 3 atom stereocenters. The first-order valence-corrected chi connectivity index (χ1v) is 12.9. The Balaban J connectivity index is 1.54. The van der Waals surface area contributed by atoms with Crippen molar-refractivity contribution in [1.29, 1.82) is 0 Å². The maximum Gasteiger partial charge on any atom is 0.344 e. The zero-order valence-corrected chi connectivity index (χ0v) is 21.0. The smallest absolute Gasteiger partial charge is 0.344 e. The molecule has 0 spiro atoms. The van der Waals surface area contributed by atoms with Crippen molar-refractivity contribution in [3.63, 3.8) is 0 Å². The highest BCUT2D eigenvalue weighted by Crippen LogP contribution is 2.53. The number of benzene rings is 2. The lowest BCUT2D eigenvalue weighted by atomic mass is 9.83. The van der Waals surface area contributed by atoms with E-state index in [1.165, 1.54) is 23.8 Å². The summed E-state index contributed by atoms with van der Waals surface area (Å²) in [7, 11) is 1.47. The van der Waals surface area contributed by atoms with Gasteiger partial charge in [-0.1, -0.05) is 47.4 Å². The van der Waals surface area contributed by atoms with Crippen LogP contribution in [0, 0.1) is 5.92 Å². The number of aromatic nitrogens is 1. The van der Waals surface area contributed by atoms with Crippen LogP contribution in [0.5, 0.6) is 11.5 Å². The topological polar surface area (TPSA) is 115 Å². The van der Waals surface area contributed by atoms with Gasteiger partial charge in [-0.25, -0.2) is 9.69 Å². The number of anilines is 1. The SMILES string of the molecule is CCOC(=O)COc1ccc(C2c3sc(=O)[nH]c3SC3C(=O)N(c4ccccc4)C(=O)C32)cc1OC. The molecule has 1 fully saturated rings. The summed E-state index contributed by atoms with van der Waals surface area (Å²) in [6.07, 6.45) is 0. The third kappa shape index (κ3) is 4.18. The van der Waals surface area contributed by atoms with Gasteiger partial charge in [0.2, 0.25) is 11.8 Å². The molecule has 1 saturated heterocycles. The van der Waals surface area contributed by atoms with Crippen LogP contribution < -0.4 is 19.2 Å². The summed E-state index contributed by atoms with van der Waals surface area (Å²) < 4.78 is 16.0. The summed E-state index contributed by atoms with van der Waals surface area (Å²) in [5.74, 6) is -1.71. The molecule has 1 aromatic heterocycles. The minimum atomic E-state index is -0.710. The largest absolute Gasteiger partial charge is 0.493 e. The van der Waals surface area contributed by atoms with Crippen LogP contribution in [0.25, 0.3) is 0 Å². The van der Waals surface area contributed by atoms with Crippen LogP contribution in [0.1, 0.15) is 23.3 Å². The van der Waals surface area contributed by atoms with Gasteiger partial charge in [0.15, 0.2) is 18.1 Å². The Morgan fingerprint density at radius 1 is 1.06 bits per heavy atom. The maximum atomic E-state index is 13.7. The second kappa shape index (κ2) is 9.82. The van der Waals surface area contributed by atoms with Crippen molar-refractivity contribution in [2.45, 2.75) is 23.1 Å². The van der Waals surface area contributed by atoms with Gasteiger partial charge in [-0.15, -0.1) is 0 Å². The van der Waals surface area contributed by atoms with Gasteiger partial charge in [0.25, 0.3) is 0 Å². The number of aromatic amines is 1. The molecule has 186 valence electrons. The Hall–Kier alpha value is -3.57. The van der Waals surface area contributed by atoms with Gasteiger partial charge in [-0.05, 0) is 36.8 Å². The van der Waals surface area contributed by atoms with Crippen LogP contribution in [-0.4, -0.2) is 48.3 Å². The third-order valence-electron chi connectivity index (χ3n) is 6.04. The van der Waals surface area contributed by atoms with Crippen molar-refractivity contribution in [2.75, 3.05) is 25.2 Å². The van der Waals surface area contributed by atoms with E-state index in [-0.39, 0.29) is 29.9 Å². The van der Waals surface area contributed by atoms with Crippen molar-refractivity contribution in [1.82, 2.24) is 4.98 Å². The van der Waals surface area contributed by atoms with E-state index in [1.54, 1.807) is 49.4 Å². The first-order valence-electron chi connectivity index (χ1n) is 11.2. The van der Waals surface area contributed by atoms with Gasteiger partial charge in [0, 0.05) is 10.8 Å². The Bertz CT molecular complexity index is 1380. The van der Waals surface area contributed by atoms with Crippen molar-refractivity contribution in [3.05, 3.63) is 68.6 Å². The number of methoxy groups -OCH3 is 1. The number of imide groups is 1. The second-order valence-electron chi connectivity index (χ2n) is 8.10. The van der Waals surface area contributed by atoms with Gasteiger partial charge in [-0.2, -0.15) is 0 Å². The molecule has 2 aliphatic heterocycles. The number of nitrogens with one attached hydrogen (secondary N) is 1. The van der Waals surface area contributed by atoms with E-state index in [0.29, 0.717) is 32.7 Å². The second-order valence-corrected chi connectivity index (χ2v) is 10.3. The Morgan fingerprint density at radius 3 is 2.56 bits per heavy atom. The fraction of sp³-hybridized carbons (Fsp3) is 0.280. The minimum absolute atomic E-state index is 0.245. The number of hydrogen-bond acceptors (Lipinski definition) is 9. The number of nitrogens with zero attached hydrogens (tertiary/aromatic N) is 1. The predicted molar refractivity (Wildman–Crippen MR) is 134 cm³/mol. The molecule has 11 heteroatoms. The van der Waals surface area contributed by atoms with Gasteiger partial charge < -0.3 is 19.2 Å². The maximum absolute atomic E-state index is 13.7. The number of esters is 1. The number of H-pyrrole nitrogens is 1. The molecule has 2 aromatic carbocycles. The highest BCUT2D eigenvalue weighted by atomic mass is 32.2. The van der Waals surface area contributed by atoms with E-state index >= 15 is 0 Å². The molecule has 9 nitrogen and oxygen atoms in total.